The van der Waals surface area contributed by atoms with E-state index in [4.69, 9.17) is 4.74 Å². The Labute approximate surface area is 89.6 Å². The maximum Gasteiger partial charge on any atom is 0.163 e. The van der Waals surface area contributed by atoms with Crippen molar-refractivity contribution in [3.8, 4) is 5.75 Å². The van der Waals surface area contributed by atoms with Gasteiger partial charge < -0.3 is 4.74 Å². The molecule has 15 heavy (non-hydrogen) atoms. The Morgan fingerprint density at radius 3 is 3.07 bits per heavy atom. The van der Waals surface area contributed by atoms with E-state index in [2.05, 4.69) is 6.58 Å². The fraction of sp³-hybridized carbons (Fsp3) is 0.308. The smallest absolute Gasteiger partial charge is 0.163 e. The van der Waals surface area contributed by atoms with E-state index in [1.54, 1.807) is 0 Å². The van der Waals surface area contributed by atoms with Crippen molar-refractivity contribution < 1.29 is 9.53 Å². The minimum atomic E-state index is 0.252. The second-order valence-electron chi connectivity index (χ2n) is 3.67. The normalized spacial score (nSPS) is 13.7. The first-order valence-electron chi connectivity index (χ1n) is 5.21. The largest absolute Gasteiger partial charge is 0.493 e. The van der Waals surface area contributed by atoms with Crippen molar-refractivity contribution in [2.24, 2.45) is 0 Å². The lowest BCUT2D eigenvalue weighted by atomic mass is 10.1. The predicted octanol–water partition coefficient (Wildman–Crippen LogP) is 2.77. The summed E-state index contributed by atoms with van der Waals surface area (Å²) in [6.45, 7) is 4.28. The summed E-state index contributed by atoms with van der Waals surface area (Å²) in [6.07, 6.45) is 4.17. The number of carbonyl (C=O) groups is 1. The maximum absolute atomic E-state index is 11.4. The lowest BCUT2D eigenvalue weighted by Crippen LogP contribution is -1.97. The van der Waals surface area contributed by atoms with E-state index < -0.39 is 0 Å². The first-order valence-corrected chi connectivity index (χ1v) is 5.21. The Bertz CT molecular complexity index is 394. The summed E-state index contributed by atoms with van der Waals surface area (Å²) in [4.78, 5) is 11.4. The summed E-state index contributed by atoms with van der Waals surface area (Å²) in [6, 6.07) is 5.71. The van der Waals surface area contributed by atoms with E-state index in [9.17, 15) is 4.79 Å². The van der Waals surface area contributed by atoms with Crippen LogP contribution in [-0.2, 0) is 6.42 Å². The predicted molar refractivity (Wildman–Crippen MR) is 59.4 cm³/mol. The highest BCUT2D eigenvalue weighted by molar-refractivity contribution is 6.00. The lowest BCUT2D eigenvalue weighted by Gasteiger charge is -2.06. The van der Waals surface area contributed by atoms with E-state index in [1.807, 2.05) is 24.3 Å². The molecular formula is C13H14O2. The van der Waals surface area contributed by atoms with E-state index in [0.29, 0.717) is 13.0 Å². The molecule has 0 aliphatic heterocycles. The average molecular weight is 202 g/mol. The minimum absolute atomic E-state index is 0.252. The fourth-order valence-electron chi connectivity index (χ4n) is 1.78. The van der Waals surface area contributed by atoms with E-state index >= 15 is 0 Å². The molecule has 0 saturated carbocycles. The number of ketones is 1. The molecule has 1 aliphatic carbocycles. The monoisotopic (exact) mass is 202 g/mol. The number of Topliss-reactive ketones (excluding diaryl/α,β-unsaturated/α-hetero) is 1. The van der Waals surface area contributed by atoms with Crippen molar-refractivity contribution in [1.29, 1.82) is 0 Å². The lowest BCUT2D eigenvalue weighted by molar-refractivity contribution is 0.0994. The van der Waals surface area contributed by atoms with Crippen LogP contribution in [-0.4, -0.2) is 12.4 Å². The van der Waals surface area contributed by atoms with Gasteiger partial charge in [0.1, 0.15) is 5.75 Å². The molecule has 0 fully saturated rings. The quantitative estimate of drug-likeness (QED) is 0.554. The zero-order chi connectivity index (χ0) is 10.7. The van der Waals surface area contributed by atoms with Crippen LogP contribution >= 0.6 is 0 Å². The van der Waals surface area contributed by atoms with Gasteiger partial charge in [0.2, 0.25) is 0 Å². The van der Waals surface area contributed by atoms with Crippen LogP contribution in [0.1, 0.15) is 28.8 Å². The number of aryl methyl sites for hydroxylation is 1. The third kappa shape index (κ3) is 2.09. The standard InChI is InChI=1S/C13H14O2/c1-2-3-8-15-11-5-6-12-10(9-11)4-7-13(12)14/h2,5-6,9H,1,3-4,7-8H2. The van der Waals surface area contributed by atoms with Gasteiger partial charge in [-0.1, -0.05) is 6.08 Å². The topological polar surface area (TPSA) is 26.3 Å². The summed E-state index contributed by atoms with van der Waals surface area (Å²) in [5.41, 5.74) is 1.99. The molecule has 0 aromatic heterocycles. The van der Waals surface area contributed by atoms with Crippen LogP contribution in [0.5, 0.6) is 5.75 Å². The van der Waals surface area contributed by atoms with Gasteiger partial charge in [-0.3, -0.25) is 4.79 Å². The third-order valence-corrected chi connectivity index (χ3v) is 2.59. The molecule has 0 saturated heterocycles. The number of rotatable bonds is 4. The summed E-state index contributed by atoms with van der Waals surface area (Å²) in [7, 11) is 0. The second-order valence-corrected chi connectivity index (χ2v) is 3.67. The molecule has 0 heterocycles. The first kappa shape index (κ1) is 9.97. The minimum Gasteiger partial charge on any atom is -0.493 e. The van der Waals surface area contributed by atoms with Gasteiger partial charge in [-0.05, 0) is 36.6 Å². The van der Waals surface area contributed by atoms with Crippen LogP contribution in [0.2, 0.25) is 0 Å². The summed E-state index contributed by atoms with van der Waals surface area (Å²) < 4.78 is 5.52. The highest BCUT2D eigenvalue weighted by Crippen LogP contribution is 2.26. The Hall–Kier alpha value is -1.57. The highest BCUT2D eigenvalue weighted by atomic mass is 16.5. The summed E-state index contributed by atoms with van der Waals surface area (Å²) >= 11 is 0. The van der Waals surface area contributed by atoms with Crippen LogP contribution < -0.4 is 4.74 Å². The maximum atomic E-state index is 11.4. The van der Waals surface area contributed by atoms with Gasteiger partial charge in [-0.2, -0.15) is 0 Å². The molecule has 0 unspecified atom stereocenters. The Balaban J connectivity index is 2.09. The molecule has 78 valence electrons. The van der Waals surface area contributed by atoms with Crippen molar-refractivity contribution in [1.82, 2.24) is 0 Å². The van der Waals surface area contributed by atoms with E-state index in [-0.39, 0.29) is 5.78 Å². The van der Waals surface area contributed by atoms with Crippen LogP contribution in [0.3, 0.4) is 0 Å². The fourth-order valence-corrected chi connectivity index (χ4v) is 1.78. The van der Waals surface area contributed by atoms with Gasteiger partial charge in [0, 0.05) is 12.0 Å². The average Bonchev–Trinajstić information content (AvgIpc) is 2.61. The molecule has 1 aliphatic rings. The zero-order valence-electron chi connectivity index (χ0n) is 8.66. The molecule has 1 aromatic rings. The van der Waals surface area contributed by atoms with Crippen LogP contribution in [0.25, 0.3) is 0 Å². The second kappa shape index (κ2) is 4.30. The first-order chi connectivity index (χ1) is 7.31. The van der Waals surface area contributed by atoms with Gasteiger partial charge in [0.15, 0.2) is 5.78 Å². The van der Waals surface area contributed by atoms with Crippen molar-refractivity contribution in [2.75, 3.05) is 6.61 Å². The van der Waals surface area contributed by atoms with Crippen LogP contribution in [0, 0.1) is 0 Å². The number of hydrogen-bond donors (Lipinski definition) is 0. The molecule has 0 N–H and O–H groups in total. The van der Waals surface area contributed by atoms with Crippen molar-refractivity contribution in [3.63, 3.8) is 0 Å². The van der Waals surface area contributed by atoms with Crippen molar-refractivity contribution in [2.45, 2.75) is 19.3 Å². The Morgan fingerprint density at radius 2 is 2.27 bits per heavy atom. The molecule has 2 nitrogen and oxygen atoms in total. The van der Waals surface area contributed by atoms with Gasteiger partial charge >= 0.3 is 0 Å². The Morgan fingerprint density at radius 1 is 1.40 bits per heavy atom. The molecule has 1 aromatic carbocycles. The number of fused-ring (bicyclic) bond motifs is 1. The Kier molecular flexibility index (Phi) is 2.86. The number of carbonyl (C=O) groups excluding carboxylic acids is 1. The highest BCUT2D eigenvalue weighted by Gasteiger charge is 2.19. The molecule has 0 atom stereocenters. The van der Waals surface area contributed by atoms with Gasteiger partial charge in [-0.25, -0.2) is 0 Å². The van der Waals surface area contributed by atoms with Crippen LogP contribution in [0.15, 0.2) is 30.9 Å². The van der Waals surface area contributed by atoms with Gasteiger partial charge in [0.25, 0.3) is 0 Å². The van der Waals surface area contributed by atoms with Crippen molar-refractivity contribution >= 4 is 5.78 Å². The van der Waals surface area contributed by atoms with Crippen LogP contribution in [0.4, 0.5) is 0 Å². The zero-order valence-corrected chi connectivity index (χ0v) is 8.66. The number of benzene rings is 1. The van der Waals surface area contributed by atoms with Gasteiger partial charge in [-0.15, -0.1) is 6.58 Å². The third-order valence-electron chi connectivity index (χ3n) is 2.59. The summed E-state index contributed by atoms with van der Waals surface area (Å²) in [5, 5.41) is 0. The number of ether oxygens (including phenoxy) is 1. The van der Waals surface area contributed by atoms with E-state index in [0.717, 1.165) is 29.7 Å². The van der Waals surface area contributed by atoms with Gasteiger partial charge in [0.05, 0.1) is 6.61 Å². The van der Waals surface area contributed by atoms with Crippen molar-refractivity contribution in [3.05, 3.63) is 42.0 Å². The number of hydrogen-bond acceptors (Lipinski definition) is 2. The molecule has 0 spiro atoms. The molecule has 0 amide bonds. The molecule has 0 radical (unpaired) electrons. The SMILES string of the molecule is C=CCCOc1ccc2c(c1)CCC2=O. The van der Waals surface area contributed by atoms with E-state index in [1.165, 1.54) is 0 Å². The molecule has 0 bridgehead atoms. The molecule has 2 rings (SSSR count). The summed E-state index contributed by atoms with van der Waals surface area (Å²) in [5.74, 6) is 1.10. The molecular weight excluding hydrogens is 188 g/mol. The molecule has 2 heteroatoms.